The molecule has 3 rings (SSSR count). The average Bonchev–Trinajstić information content (AvgIpc) is 3.36. The molecule has 0 radical (unpaired) electrons. The van der Waals surface area contributed by atoms with Crippen molar-refractivity contribution in [3.63, 3.8) is 0 Å². The number of rotatable bonds is 7. The largest absolute Gasteiger partial charge is 0.349 e. The lowest BCUT2D eigenvalue weighted by Gasteiger charge is -2.27. The molecule has 1 atom stereocenters. The van der Waals surface area contributed by atoms with Crippen molar-refractivity contribution in [2.75, 3.05) is 25.6 Å². The number of hydrogen-bond donors (Lipinski definition) is 2. The molecule has 3 aromatic rings. The van der Waals surface area contributed by atoms with Gasteiger partial charge in [-0.15, -0.1) is 11.3 Å². The smallest absolute Gasteiger partial charge is 0.263 e. The number of aromatic amines is 1. The Balaban J connectivity index is 1.83. The number of thiophene rings is 1. The van der Waals surface area contributed by atoms with Gasteiger partial charge in [0.25, 0.3) is 11.8 Å². The van der Waals surface area contributed by atoms with Gasteiger partial charge in [0.15, 0.2) is 5.65 Å². The van der Waals surface area contributed by atoms with Gasteiger partial charge in [0, 0.05) is 32.1 Å². The van der Waals surface area contributed by atoms with Crippen molar-refractivity contribution in [2.24, 2.45) is 5.41 Å². The van der Waals surface area contributed by atoms with Gasteiger partial charge in [0.05, 0.1) is 33.0 Å². The third kappa shape index (κ3) is 5.97. The molecule has 0 unspecified atom stereocenters. The SMILES string of the molecule is C[C@@H](NC(=O)c1c[nH]c2ncc(-c3ccc(C(=O)N(C)CCS(C)(=O)=O)s3)nc12)C(C)(C)C. The maximum Gasteiger partial charge on any atom is 0.263 e. The molecule has 0 saturated carbocycles. The van der Waals surface area contributed by atoms with E-state index < -0.39 is 9.84 Å². The molecule has 33 heavy (non-hydrogen) atoms. The summed E-state index contributed by atoms with van der Waals surface area (Å²) >= 11 is 1.24. The van der Waals surface area contributed by atoms with Crippen molar-refractivity contribution in [2.45, 2.75) is 33.7 Å². The lowest BCUT2D eigenvalue weighted by molar-refractivity contribution is 0.0807. The summed E-state index contributed by atoms with van der Waals surface area (Å²) in [7, 11) is -1.59. The van der Waals surface area contributed by atoms with Crippen LogP contribution in [0.25, 0.3) is 21.7 Å². The number of sulfone groups is 1. The van der Waals surface area contributed by atoms with Crippen LogP contribution in [0.3, 0.4) is 0 Å². The Morgan fingerprint density at radius 2 is 1.97 bits per heavy atom. The van der Waals surface area contributed by atoms with Gasteiger partial charge in [-0.2, -0.15) is 0 Å². The molecule has 0 fully saturated rings. The second kappa shape index (κ2) is 9.22. The second-order valence-corrected chi connectivity index (χ2v) is 12.6. The zero-order valence-electron chi connectivity index (χ0n) is 19.6. The van der Waals surface area contributed by atoms with Crippen LogP contribution in [0.1, 0.15) is 47.7 Å². The lowest BCUT2D eigenvalue weighted by Crippen LogP contribution is -2.41. The number of hydrogen-bond acceptors (Lipinski definition) is 7. The number of carbonyl (C=O) groups is 2. The number of fused-ring (bicyclic) bond motifs is 1. The molecule has 9 nitrogen and oxygen atoms in total. The number of nitrogens with zero attached hydrogens (tertiary/aromatic N) is 3. The van der Waals surface area contributed by atoms with Crippen LogP contribution in [0, 0.1) is 5.41 Å². The molecule has 178 valence electrons. The van der Waals surface area contributed by atoms with E-state index in [4.69, 9.17) is 0 Å². The highest BCUT2D eigenvalue weighted by Crippen LogP contribution is 2.29. The molecule has 2 amide bonds. The molecular formula is C22H29N5O4S2. The zero-order valence-corrected chi connectivity index (χ0v) is 21.2. The highest BCUT2D eigenvalue weighted by Gasteiger charge is 2.24. The Morgan fingerprint density at radius 1 is 1.27 bits per heavy atom. The van der Waals surface area contributed by atoms with Crippen molar-refractivity contribution >= 4 is 44.2 Å². The van der Waals surface area contributed by atoms with Gasteiger partial charge in [-0.1, -0.05) is 20.8 Å². The maximum atomic E-state index is 12.8. The molecule has 3 heterocycles. The van der Waals surface area contributed by atoms with Gasteiger partial charge >= 0.3 is 0 Å². The van der Waals surface area contributed by atoms with E-state index in [2.05, 4.69) is 41.0 Å². The van der Waals surface area contributed by atoms with Crippen molar-refractivity contribution in [3.05, 3.63) is 35.0 Å². The first-order chi connectivity index (χ1) is 15.3. The number of amides is 2. The Labute approximate surface area is 197 Å². The molecule has 0 saturated heterocycles. The van der Waals surface area contributed by atoms with Crippen LogP contribution < -0.4 is 5.32 Å². The summed E-state index contributed by atoms with van der Waals surface area (Å²) in [5.41, 5.74) is 1.82. The van der Waals surface area contributed by atoms with Gasteiger partial charge in [-0.25, -0.2) is 18.4 Å². The molecule has 2 N–H and O–H groups in total. The van der Waals surface area contributed by atoms with E-state index >= 15 is 0 Å². The highest BCUT2D eigenvalue weighted by atomic mass is 32.2. The minimum atomic E-state index is -3.16. The highest BCUT2D eigenvalue weighted by molar-refractivity contribution is 7.90. The standard InChI is InChI=1S/C22H29N5O4S2/c1-13(22(2,3)4)25-20(28)14-11-23-19-18(14)26-15(12-24-19)16-7-8-17(32-16)21(29)27(5)9-10-33(6,30)31/h7-8,11-13H,9-10H2,1-6H3,(H,23,24)(H,25,28)/t13-/m1/s1. The number of nitrogens with one attached hydrogen (secondary N) is 2. The summed E-state index contributed by atoms with van der Waals surface area (Å²) < 4.78 is 22.7. The minimum absolute atomic E-state index is 0.0448. The summed E-state index contributed by atoms with van der Waals surface area (Å²) in [5, 5.41) is 3.01. The zero-order chi connectivity index (χ0) is 24.6. The first-order valence-electron chi connectivity index (χ1n) is 10.4. The van der Waals surface area contributed by atoms with Crippen molar-refractivity contribution in [1.82, 2.24) is 25.2 Å². The third-order valence-corrected chi connectivity index (χ3v) is 7.51. The summed E-state index contributed by atoms with van der Waals surface area (Å²) in [6.45, 7) is 8.24. The second-order valence-electron chi connectivity index (χ2n) is 9.24. The quantitative estimate of drug-likeness (QED) is 0.523. The maximum absolute atomic E-state index is 12.8. The average molecular weight is 492 g/mol. The van der Waals surface area contributed by atoms with Crippen LogP contribution in [0.5, 0.6) is 0 Å². The van der Waals surface area contributed by atoms with E-state index in [1.54, 1.807) is 31.6 Å². The van der Waals surface area contributed by atoms with Gasteiger partial charge < -0.3 is 15.2 Å². The lowest BCUT2D eigenvalue weighted by atomic mass is 9.88. The molecule has 0 aliphatic heterocycles. The fourth-order valence-electron chi connectivity index (χ4n) is 2.86. The van der Waals surface area contributed by atoms with Crippen LogP contribution >= 0.6 is 11.3 Å². The molecule has 0 aliphatic carbocycles. The predicted molar refractivity (Wildman–Crippen MR) is 130 cm³/mol. The Morgan fingerprint density at radius 3 is 2.61 bits per heavy atom. The molecule has 0 aromatic carbocycles. The van der Waals surface area contributed by atoms with Gasteiger partial charge in [-0.05, 0) is 24.5 Å². The summed E-state index contributed by atoms with van der Waals surface area (Å²) in [5.74, 6) is -0.589. The molecule has 0 bridgehead atoms. The predicted octanol–water partition coefficient (Wildman–Crippen LogP) is 2.97. The van der Waals surface area contributed by atoms with Crippen LogP contribution in [-0.4, -0.2) is 71.7 Å². The Hall–Kier alpha value is -2.79. The van der Waals surface area contributed by atoms with Crippen LogP contribution in [0.2, 0.25) is 0 Å². The summed E-state index contributed by atoms with van der Waals surface area (Å²) in [6, 6.07) is 3.41. The van der Waals surface area contributed by atoms with Crippen molar-refractivity contribution < 1.29 is 18.0 Å². The number of aromatic nitrogens is 3. The topological polar surface area (TPSA) is 125 Å². The van der Waals surface area contributed by atoms with E-state index in [1.807, 2.05) is 6.92 Å². The molecule has 3 aromatic heterocycles. The van der Waals surface area contributed by atoms with E-state index in [1.165, 1.54) is 16.2 Å². The molecular weight excluding hydrogens is 462 g/mol. The van der Waals surface area contributed by atoms with E-state index in [-0.39, 0.29) is 35.6 Å². The first kappa shape index (κ1) is 24.8. The molecule has 11 heteroatoms. The van der Waals surface area contributed by atoms with Gasteiger partial charge in [-0.3, -0.25) is 9.59 Å². The summed E-state index contributed by atoms with van der Waals surface area (Å²) in [4.78, 5) is 40.1. The van der Waals surface area contributed by atoms with Crippen molar-refractivity contribution in [1.29, 1.82) is 0 Å². The van der Waals surface area contributed by atoms with Crippen LogP contribution in [0.15, 0.2) is 24.5 Å². The molecule has 0 aliphatic rings. The number of H-pyrrole nitrogens is 1. The number of carbonyl (C=O) groups excluding carboxylic acids is 2. The Kier molecular flexibility index (Phi) is 6.94. The van der Waals surface area contributed by atoms with Gasteiger partial charge in [0.1, 0.15) is 15.4 Å². The van der Waals surface area contributed by atoms with Crippen LogP contribution in [0.4, 0.5) is 0 Å². The normalized spacial score (nSPS) is 13.2. The summed E-state index contributed by atoms with van der Waals surface area (Å²) in [6.07, 6.45) is 4.33. The fraction of sp³-hybridized carbons (Fsp3) is 0.455. The van der Waals surface area contributed by atoms with Crippen molar-refractivity contribution in [3.8, 4) is 10.6 Å². The fourth-order valence-corrected chi connectivity index (χ4v) is 4.42. The monoisotopic (exact) mass is 491 g/mol. The molecule has 0 spiro atoms. The van der Waals surface area contributed by atoms with E-state index in [0.717, 1.165) is 11.1 Å². The van der Waals surface area contributed by atoms with Crippen LogP contribution in [-0.2, 0) is 9.84 Å². The van der Waals surface area contributed by atoms with E-state index in [0.29, 0.717) is 27.3 Å². The van der Waals surface area contributed by atoms with E-state index in [9.17, 15) is 18.0 Å². The third-order valence-electron chi connectivity index (χ3n) is 5.49. The Bertz CT molecular complexity index is 1290. The minimum Gasteiger partial charge on any atom is -0.349 e. The first-order valence-corrected chi connectivity index (χ1v) is 13.3. The van der Waals surface area contributed by atoms with Gasteiger partial charge in [0.2, 0.25) is 0 Å².